The number of fused-ring (bicyclic) bond motifs is 1. The molecule has 0 spiro atoms. The molecule has 1 aliphatic rings. The summed E-state index contributed by atoms with van der Waals surface area (Å²) in [7, 11) is -3.67. The fraction of sp³-hybridized carbons (Fsp3) is 0.133. The third-order valence-electron chi connectivity index (χ3n) is 3.35. The van der Waals surface area contributed by atoms with Crippen molar-refractivity contribution in [2.45, 2.75) is 12.7 Å². The number of benzene rings is 2. The van der Waals surface area contributed by atoms with Crippen LogP contribution in [-0.2, 0) is 15.8 Å². The van der Waals surface area contributed by atoms with Crippen LogP contribution in [0.3, 0.4) is 0 Å². The lowest BCUT2D eigenvalue weighted by molar-refractivity contribution is 0.101. The summed E-state index contributed by atoms with van der Waals surface area (Å²) >= 11 is 5.79. The largest absolute Gasteiger partial charge is 0.272 e. The normalized spacial score (nSPS) is 15.8. The Hall–Kier alpha value is -1.85. The monoisotopic (exact) mass is 321 g/mol. The quantitative estimate of drug-likeness (QED) is 0.810. The van der Waals surface area contributed by atoms with E-state index in [1.165, 1.54) is 12.1 Å². The predicted molar refractivity (Wildman–Crippen MR) is 82.1 cm³/mol. The number of anilines is 1. The molecule has 0 bridgehead atoms. The molecule has 0 saturated heterocycles. The van der Waals surface area contributed by atoms with Crippen molar-refractivity contribution < 1.29 is 13.2 Å². The number of carbonyl (C=O) groups is 1. The molecule has 2 aromatic carbocycles. The van der Waals surface area contributed by atoms with Crippen LogP contribution in [0.5, 0.6) is 0 Å². The molecular weight excluding hydrogens is 310 g/mol. The minimum absolute atomic E-state index is 0.149. The number of rotatable bonds is 1. The van der Waals surface area contributed by atoms with Crippen LogP contribution in [-0.4, -0.2) is 14.3 Å². The van der Waals surface area contributed by atoms with Gasteiger partial charge in [-0.2, -0.15) is 0 Å². The second-order valence-corrected chi connectivity index (χ2v) is 7.22. The van der Waals surface area contributed by atoms with Gasteiger partial charge in [0.2, 0.25) is 10.0 Å². The number of sulfonamides is 1. The molecule has 0 fully saturated rings. The van der Waals surface area contributed by atoms with Crippen molar-refractivity contribution in [1.29, 1.82) is 0 Å². The molecule has 0 radical (unpaired) electrons. The molecule has 2 aromatic rings. The van der Waals surface area contributed by atoms with Crippen molar-refractivity contribution in [2.75, 3.05) is 4.31 Å². The second-order valence-electron chi connectivity index (χ2n) is 4.96. The van der Waals surface area contributed by atoms with E-state index in [4.69, 9.17) is 11.6 Å². The molecule has 0 aromatic heterocycles. The maximum absolute atomic E-state index is 12.5. The summed E-state index contributed by atoms with van der Waals surface area (Å²) in [6, 6.07) is 11.4. The highest BCUT2D eigenvalue weighted by Gasteiger charge is 2.38. The Labute approximate surface area is 128 Å². The van der Waals surface area contributed by atoms with Gasteiger partial charge in [-0.1, -0.05) is 29.3 Å². The molecule has 1 aliphatic heterocycles. The summed E-state index contributed by atoms with van der Waals surface area (Å²) in [5, 5.41) is 0.492. The minimum Gasteiger partial charge on any atom is -0.268 e. The van der Waals surface area contributed by atoms with Crippen LogP contribution >= 0.6 is 11.6 Å². The van der Waals surface area contributed by atoms with E-state index in [-0.39, 0.29) is 11.3 Å². The third kappa shape index (κ3) is 2.43. The molecule has 0 saturated carbocycles. The van der Waals surface area contributed by atoms with Crippen LogP contribution in [0, 0.1) is 6.92 Å². The van der Waals surface area contributed by atoms with Gasteiger partial charge in [0, 0.05) is 10.6 Å². The van der Waals surface area contributed by atoms with Gasteiger partial charge in [0.25, 0.3) is 5.91 Å². The van der Waals surface area contributed by atoms with E-state index in [1.54, 1.807) is 30.3 Å². The fourth-order valence-corrected chi connectivity index (χ4v) is 4.10. The molecule has 0 aliphatic carbocycles. The van der Waals surface area contributed by atoms with Gasteiger partial charge in [0.05, 0.1) is 11.4 Å². The second kappa shape index (κ2) is 4.86. The maximum Gasteiger partial charge on any atom is 0.272 e. The Kier molecular flexibility index (Phi) is 3.26. The molecule has 0 N–H and O–H groups in total. The summed E-state index contributed by atoms with van der Waals surface area (Å²) in [5.74, 6) is -0.710. The van der Waals surface area contributed by atoms with Crippen molar-refractivity contribution in [1.82, 2.24) is 0 Å². The van der Waals surface area contributed by atoms with E-state index in [0.29, 0.717) is 16.3 Å². The van der Waals surface area contributed by atoms with Crippen LogP contribution in [0.15, 0.2) is 42.5 Å². The zero-order valence-electron chi connectivity index (χ0n) is 11.2. The predicted octanol–water partition coefficient (Wildman–Crippen LogP) is 3.14. The Morgan fingerprint density at radius 2 is 1.81 bits per heavy atom. The van der Waals surface area contributed by atoms with Gasteiger partial charge in [-0.3, -0.25) is 4.79 Å². The summed E-state index contributed by atoms with van der Waals surface area (Å²) in [5.41, 5.74) is 2.33. The Bertz CT molecular complexity index is 828. The minimum atomic E-state index is -3.67. The molecule has 6 heteroatoms. The van der Waals surface area contributed by atoms with Gasteiger partial charge in [0.1, 0.15) is 0 Å². The average Bonchev–Trinajstić information content (AvgIpc) is 2.67. The molecule has 3 rings (SSSR count). The van der Waals surface area contributed by atoms with Crippen molar-refractivity contribution in [3.8, 4) is 0 Å². The van der Waals surface area contributed by atoms with E-state index in [9.17, 15) is 13.2 Å². The number of carbonyl (C=O) groups excluding carboxylic acids is 1. The van der Waals surface area contributed by atoms with E-state index in [0.717, 1.165) is 9.87 Å². The SMILES string of the molecule is Cc1ccc2c(c1)CS(=O)(=O)N2C(=O)c1ccc(Cl)cc1. The van der Waals surface area contributed by atoms with Crippen LogP contribution in [0.1, 0.15) is 21.5 Å². The Morgan fingerprint density at radius 1 is 1.14 bits per heavy atom. The highest BCUT2D eigenvalue weighted by molar-refractivity contribution is 7.93. The molecular formula is C15H12ClNO3S. The lowest BCUT2D eigenvalue weighted by Crippen LogP contribution is -2.33. The van der Waals surface area contributed by atoms with Crippen molar-refractivity contribution in [3.05, 3.63) is 64.2 Å². The molecule has 21 heavy (non-hydrogen) atoms. The topological polar surface area (TPSA) is 54.5 Å². The van der Waals surface area contributed by atoms with Gasteiger partial charge in [-0.05, 0) is 42.8 Å². The summed E-state index contributed by atoms with van der Waals surface area (Å²) in [6.45, 7) is 1.89. The first-order chi connectivity index (χ1) is 9.88. The van der Waals surface area contributed by atoms with Crippen LogP contribution in [0.25, 0.3) is 0 Å². The Morgan fingerprint density at radius 3 is 2.48 bits per heavy atom. The summed E-state index contributed by atoms with van der Waals surface area (Å²) < 4.78 is 25.5. The van der Waals surface area contributed by atoms with E-state index >= 15 is 0 Å². The van der Waals surface area contributed by atoms with Gasteiger partial charge in [-0.25, -0.2) is 12.7 Å². The highest BCUT2D eigenvalue weighted by Crippen LogP contribution is 2.35. The zero-order valence-corrected chi connectivity index (χ0v) is 12.8. The Balaban J connectivity index is 2.09. The smallest absolute Gasteiger partial charge is 0.268 e. The number of amides is 1. The van der Waals surface area contributed by atoms with Crippen molar-refractivity contribution in [2.24, 2.45) is 0 Å². The first-order valence-electron chi connectivity index (χ1n) is 6.31. The standard InChI is InChI=1S/C15H12ClNO3S/c1-10-2-7-14-12(8-10)9-21(19,20)17(14)15(18)11-3-5-13(16)6-4-11/h2-8H,9H2,1H3. The highest BCUT2D eigenvalue weighted by atomic mass is 35.5. The molecule has 0 unspecified atom stereocenters. The van der Waals surface area contributed by atoms with Crippen molar-refractivity contribution in [3.63, 3.8) is 0 Å². The molecule has 1 heterocycles. The average molecular weight is 322 g/mol. The maximum atomic E-state index is 12.5. The molecule has 4 nitrogen and oxygen atoms in total. The molecule has 0 atom stereocenters. The van der Waals surface area contributed by atoms with Crippen molar-refractivity contribution >= 4 is 33.2 Å². The fourth-order valence-electron chi connectivity index (χ4n) is 2.38. The van der Waals surface area contributed by atoms with Crippen LogP contribution < -0.4 is 4.31 Å². The van der Waals surface area contributed by atoms with Crippen LogP contribution in [0.2, 0.25) is 5.02 Å². The number of halogens is 1. The zero-order chi connectivity index (χ0) is 15.2. The van der Waals surface area contributed by atoms with Gasteiger partial charge >= 0.3 is 0 Å². The number of aryl methyl sites for hydroxylation is 1. The first kappa shape index (κ1) is 14.1. The molecule has 1 amide bonds. The number of nitrogens with zero attached hydrogens (tertiary/aromatic N) is 1. The lowest BCUT2D eigenvalue weighted by Gasteiger charge is -2.16. The summed E-state index contributed by atoms with van der Waals surface area (Å²) in [6.07, 6.45) is 0. The number of hydrogen-bond donors (Lipinski definition) is 0. The third-order valence-corrected chi connectivity index (χ3v) is 5.19. The van der Waals surface area contributed by atoms with E-state index in [2.05, 4.69) is 0 Å². The lowest BCUT2D eigenvalue weighted by atomic mass is 10.1. The van der Waals surface area contributed by atoms with Gasteiger partial charge < -0.3 is 0 Å². The summed E-state index contributed by atoms with van der Waals surface area (Å²) in [4.78, 5) is 12.5. The molecule has 108 valence electrons. The van der Waals surface area contributed by atoms with Gasteiger partial charge in [-0.15, -0.1) is 0 Å². The van der Waals surface area contributed by atoms with Gasteiger partial charge in [0.15, 0.2) is 0 Å². The van der Waals surface area contributed by atoms with Crippen LogP contribution in [0.4, 0.5) is 5.69 Å². The van der Waals surface area contributed by atoms with E-state index in [1.807, 2.05) is 6.92 Å². The first-order valence-corrected chi connectivity index (χ1v) is 8.29. The van der Waals surface area contributed by atoms with E-state index < -0.39 is 15.9 Å². The number of hydrogen-bond acceptors (Lipinski definition) is 3.